The Morgan fingerprint density at radius 3 is 2.68 bits per heavy atom. The third kappa shape index (κ3) is 4.49. The first-order valence-corrected chi connectivity index (χ1v) is 9.50. The van der Waals surface area contributed by atoms with E-state index in [4.69, 9.17) is 4.74 Å². The highest BCUT2D eigenvalue weighted by atomic mass is 16.5. The second-order valence-corrected chi connectivity index (χ2v) is 7.03. The van der Waals surface area contributed by atoms with E-state index in [1.165, 1.54) is 0 Å². The van der Waals surface area contributed by atoms with Crippen LogP contribution in [-0.4, -0.2) is 22.0 Å². The molecule has 0 saturated heterocycles. The van der Waals surface area contributed by atoms with E-state index in [1.54, 1.807) is 6.20 Å². The molecule has 1 fully saturated rings. The smallest absolute Gasteiger partial charge is 0.322 e. The Bertz CT molecular complexity index is 955. The fraction of sp³-hybridized carbons (Fsp3) is 0.217. The Hall–Kier alpha value is -3.34. The molecule has 0 spiro atoms. The lowest BCUT2D eigenvalue weighted by molar-refractivity contribution is 0.205. The number of benzene rings is 2. The molecule has 1 aliphatic rings. The third-order valence-electron chi connectivity index (χ3n) is 4.65. The summed E-state index contributed by atoms with van der Waals surface area (Å²) in [5.74, 6) is 1.37. The Morgan fingerprint density at radius 2 is 1.93 bits per heavy atom. The molecule has 4 rings (SSSR count). The van der Waals surface area contributed by atoms with Crippen LogP contribution in [0, 0.1) is 6.92 Å². The normalized spacial score (nSPS) is 13.0. The number of hydrogen-bond acceptors (Lipinski definition) is 3. The molecule has 5 heteroatoms. The summed E-state index contributed by atoms with van der Waals surface area (Å²) in [4.78, 5) is 19.2. The van der Waals surface area contributed by atoms with Crippen molar-refractivity contribution in [1.29, 1.82) is 0 Å². The number of pyridine rings is 1. The number of carbonyl (C=O) groups excluding carboxylic acids is 1. The molecule has 0 atom stereocenters. The molecule has 0 bridgehead atoms. The minimum atomic E-state index is -0.131. The third-order valence-corrected chi connectivity index (χ3v) is 4.65. The van der Waals surface area contributed by atoms with Crippen molar-refractivity contribution < 1.29 is 9.53 Å². The molecular weight excluding hydrogens is 350 g/mol. The zero-order valence-corrected chi connectivity index (χ0v) is 15.8. The molecule has 0 unspecified atom stereocenters. The van der Waals surface area contributed by atoms with E-state index in [9.17, 15) is 4.79 Å². The topological polar surface area (TPSA) is 54.5 Å². The highest BCUT2D eigenvalue weighted by Crippen LogP contribution is 2.32. The van der Waals surface area contributed by atoms with Crippen molar-refractivity contribution in [3.8, 4) is 11.5 Å². The van der Waals surface area contributed by atoms with Crippen LogP contribution >= 0.6 is 0 Å². The molecule has 0 radical (unpaired) electrons. The monoisotopic (exact) mass is 373 g/mol. The molecule has 1 heterocycles. The van der Waals surface area contributed by atoms with Gasteiger partial charge in [0.1, 0.15) is 5.75 Å². The zero-order valence-electron chi connectivity index (χ0n) is 15.8. The van der Waals surface area contributed by atoms with E-state index in [2.05, 4.69) is 10.3 Å². The predicted octanol–water partition coefficient (Wildman–Crippen LogP) is 5.38. The maximum Gasteiger partial charge on any atom is 0.322 e. The molecule has 5 nitrogen and oxygen atoms in total. The van der Waals surface area contributed by atoms with Crippen LogP contribution in [0.15, 0.2) is 72.9 Å². The lowest BCUT2D eigenvalue weighted by Crippen LogP contribution is -2.36. The first-order valence-electron chi connectivity index (χ1n) is 9.50. The highest BCUT2D eigenvalue weighted by Gasteiger charge is 2.33. The average Bonchev–Trinajstić information content (AvgIpc) is 3.53. The van der Waals surface area contributed by atoms with Crippen molar-refractivity contribution in [1.82, 2.24) is 9.88 Å². The molecule has 28 heavy (non-hydrogen) atoms. The number of aryl methyl sites for hydroxylation is 1. The van der Waals surface area contributed by atoms with Crippen LogP contribution in [0.2, 0.25) is 0 Å². The molecular formula is C23H23N3O2. The minimum Gasteiger partial charge on any atom is -0.455 e. The Balaban J connectivity index is 1.50. The molecule has 2 aromatic carbocycles. The number of hydrogen-bond donors (Lipinski definition) is 1. The van der Waals surface area contributed by atoms with Crippen LogP contribution in [0.25, 0.3) is 0 Å². The van der Waals surface area contributed by atoms with Gasteiger partial charge in [0.2, 0.25) is 0 Å². The van der Waals surface area contributed by atoms with Crippen LogP contribution in [0.4, 0.5) is 10.5 Å². The van der Waals surface area contributed by atoms with Gasteiger partial charge in [-0.3, -0.25) is 4.98 Å². The number of rotatable bonds is 6. The van der Waals surface area contributed by atoms with Gasteiger partial charge in [-0.2, -0.15) is 0 Å². The lowest BCUT2D eigenvalue weighted by atomic mass is 10.2. The van der Waals surface area contributed by atoms with Gasteiger partial charge >= 0.3 is 6.03 Å². The number of carbonyl (C=O) groups is 1. The first-order chi connectivity index (χ1) is 13.7. The van der Waals surface area contributed by atoms with Crippen LogP contribution in [-0.2, 0) is 6.54 Å². The molecule has 1 N–H and O–H groups in total. The Labute approximate surface area is 165 Å². The highest BCUT2D eigenvalue weighted by molar-refractivity contribution is 5.91. The predicted molar refractivity (Wildman–Crippen MR) is 110 cm³/mol. The SMILES string of the molecule is Cc1cccc(Oc2ccccc2NC(=O)N(Cc2ccccn2)C2CC2)c1. The number of urea groups is 1. The number of nitrogens with zero attached hydrogens (tertiary/aromatic N) is 2. The van der Waals surface area contributed by atoms with Gasteiger partial charge in [-0.15, -0.1) is 0 Å². The van der Waals surface area contributed by atoms with Gasteiger partial charge in [-0.25, -0.2) is 4.79 Å². The summed E-state index contributed by atoms with van der Waals surface area (Å²) in [5, 5.41) is 3.02. The van der Waals surface area contributed by atoms with Crippen molar-refractivity contribution in [2.45, 2.75) is 32.4 Å². The molecule has 1 aliphatic carbocycles. The summed E-state index contributed by atoms with van der Waals surface area (Å²) in [5.41, 5.74) is 2.66. The zero-order chi connectivity index (χ0) is 19.3. The fourth-order valence-corrected chi connectivity index (χ4v) is 3.07. The van der Waals surface area contributed by atoms with Gasteiger partial charge in [0.05, 0.1) is 17.9 Å². The van der Waals surface area contributed by atoms with Gasteiger partial charge < -0.3 is 15.0 Å². The van der Waals surface area contributed by atoms with Crippen LogP contribution in [0.1, 0.15) is 24.1 Å². The second-order valence-electron chi connectivity index (χ2n) is 7.03. The number of aromatic nitrogens is 1. The van der Waals surface area contributed by atoms with E-state index in [0.29, 0.717) is 18.0 Å². The molecule has 1 aromatic heterocycles. The number of para-hydroxylation sites is 2. The maximum atomic E-state index is 13.0. The van der Waals surface area contributed by atoms with Crippen molar-refractivity contribution in [2.75, 3.05) is 5.32 Å². The molecule has 142 valence electrons. The van der Waals surface area contributed by atoms with Crippen molar-refractivity contribution in [3.05, 3.63) is 84.2 Å². The van der Waals surface area contributed by atoms with Crippen LogP contribution < -0.4 is 10.1 Å². The molecule has 0 aliphatic heterocycles. The average molecular weight is 373 g/mol. The van der Waals surface area contributed by atoms with Gasteiger partial charge in [-0.05, 0) is 61.7 Å². The second kappa shape index (κ2) is 8.13. The number of ether oxygens (including phenoxy) is 1. The lowest BCUT2D eigenvalue weighted by Gasteiger charge is -2.23. The largest absolute Gasteiger partial charge is 0.455 e. The van der Waals surface area contributed by atoms with Crippen molar-refractivity contribution in [2.24, 2.45) is 0 Å². The van der Waals surface area contributed by atoms with E-state index in [1.807, 2.05) is 78.6 Å². The summed E-state index contributed by atoms with van der Waals surface area (Å²) in [6.45, 7) is 2.52. The quantitative estimate of drug-likeness (QED) is 0.631. The van der Waals surface area contributed by atoms with E-state index in [0.717, 1.165) is 29.8 Å². The van der Waals surface area contributed by atoms with Crippen molar-refractivity contribution in [3.63, 3.8) is 0 Å². The van der Waals surface area contributed by atoms with Crippen LogP contribution in [0.5, 0.6) is 11.5 Å². The number of nitrogens with one attached hydrogen (secondary N) is 1. The van der Waals surface area contributed by atoms with Crippen LogP contribution in [0.3, 0.4) is 0 Å². The van der Waals surface area contributed by atoms with E-state index in [-0.39, 0.29) is 12.1 Å². The van der Waals surface area contributed by atoms with Gasteiger partial charge in [0.25, 0.3) is 0 Å². The number of amides is 2. The molecule has 2 amide bonds. The standard InChI is InChI=1S/C23H23N3O2/c1-17-7-6-9-20(15-17)28-22-11-3-2-10-21(22)25-23(27)26(19-12-13-19)16-18-8-4-5-14-24-18/h2-11,14-15,19H,12-13,16H2,1H3,(H,25,27). The Morgan fingerprint density at radius 1 is 1.11 bits per heavy atom. The summed E-state index contributed by atoms with van der Waals surface area (Å²) in [7, 11) is 0. The van der Waals surface area contributed by atoms with E-state index < -0.39 is 0 Å². The summed E-state index contributed by atoms with van der Waals surface area (Å²) in [6, 6.07) is 21.2. The minimum absolute atomic E-state index is 0.131. The van der Waals surface area contributed by atoms with Gasteiger partial charge in [-0.1, -0.05) is 30.3 Å². The summed E-state index contributed by atoms with van der Waals surface area (Å²) >= 11 is 0. The van der Waals surface area contributed by atoms with Gasteiger partial charge in [0, 0.05) is 12.2 Å². The Kier molecular flexibility index (Phi) is 5.24. The molecule has 3 aromatic rings. The van der Waals surface area contributed by atoms with E-state index >= 15 is 0 Å². The first kappa shape index (κ1) is 18.0. The van der Waals surface area contributed by atoms with Crippen molar-refractivity contribution >= 4 is 11.7 Å². The summed E-state index contributed by atoms with van der Waals surface area (Å²) in [6.07, 6.45) is 3.81. The number of anilines is 1. The van der Waals surface area contributed by atoms with Gasteiger partial charge in [0.15, 0.2) is 5.75 Å². The maximum absolute atomic E-state index is 13.0. The fourth-order valence-electron chi connectivity index (χ4n) is 3.07. The molecule has 1 saturated carbocycles. The summed E-state index contributed by atoms with van der Waals surface area (Å²) < 4.78 is 6.02.